The summed E-state index contributed by atoms with van der Waals surface area (Å²) >= 11 is 0. The van der Waals surface area contributed by atoms with E-state index in [0.717, 1.165) is 35.0 Å². The molecule has 1 aliphatic carbocycles. The summed E-state index contributed by atoms with van der Waals surface area (Å²) in [6, 6.07) is 7.99. The molecule has 0 bridgehead atoms. The third-order valence-corrected chi connectivity index (χ3v) is 8.69. The molecule has 1 fully saturated rings. The highest BCUT2D eigenvalue weighted by molar-refractivity contribution is 7.93. The molecule has 1 saturated carbocycles. The van der Waals surface area contributed by atoms with Crippen LogP contribution in [0.4, 0.5) is 5.69 Å². The zero-order valence-electron chi connectivity index (χ0n) is 18.5. The first-order chi connectivity index (χ1) is 14.8. The van der Waals surface area contributed by atoms with Crippen LogP contribution in [-0.4, -0.2) is 25.1 Å². The minimum Gasteiger partial charge on any atom is -0.382 e. The number of hydrogen-bond acceptors (Lipinski definition) is 4. The fourth-order valence-corrected chi connectivity index (χ4v) is 5.57. The van der Waals surface area contributed by atoms with Crippen LogP contribution >= 0.6 is 0 Å². The Bertz CT molecular complexity index is 1250. The fourth-order valence-electron chi connectivity index (χ4n) is 4.46. The highest BCUT2D eigenvalue weighted by Crippen LogP contribution is 2.36. The van der Waals surface area contributed by atoms with Crippen LogP contribution in [0, 0.1) is 4.78 Å². The van der Waals surface area contributed by atoms with E-state index in [0.29, 0.717) is 16.5 Å². The predicted molar refractivity (Wildman–Crippen MR) is 128 cm³/mol. The Morgan fingerprint density at radius 2 is 1.84 bits per heavy atom. The van der Waals surface area contributed by atoms with Crippen LogP contribution in [0.2, 0.25) is 0 Å². The van der Waals surface area contributed by atoms with E-state index >= 15 is 0 Å². The Kier molecular flexibility index (Phi) is 5.97. The number of rotatable bonds is 5. The van der Waals surface area contributed by atoms with Crippen molar-refractivity contribution in [2.45, 2.75) is 68.6 Å². The maximum absolute atomic E-state index is 13.1. The Morgan fingerprint density at radius 3 is 2.52 bits per heavy atom. The summed E-state index contributed by atoms with van der Waals surface area (Å²) in [5, 5.41) is 4.29. The van der Waals surface area contributed by atoms with Crippen molar-refractivity contribution >= 4 is 26.3 Å². The summed E-state index contributed by atoms with van der Waals surface area (Å²) in [6.45, 7) is 3.65. The molecule has 3 N–H and O–H groups in total. The Balaban J connectivity index is 1.90. The highest BCUT2D eigenvalue weighted by atomic mass is 32.2. The molecule has 7 heteroatoms. The molecule has 166 valence electrons. The standard InChI is InChI=1S/C24H32N4O2S/c1-16(2)31(25,30)18-10-11-22(27-17-8-6-4-5-7-9-17)20(14-18)21-15-28(3)24(29)23-19(21)12-13-26-23/h10-17,25-27H,4-9H2,1-3H3. The largest absolute Gasteiger partial charge is 0.382 e. The molecule has 1 unspecified atom stereocenters. The van der Waals surface area contributed by atoms with E-state index in [2.05, 4.69) is 10.3 Å². The molecule has 4 rings (SSSR count). The van der Waals surface area contributed by atoms with Gasteiger partial charge in [0.2, 0.25) is 0 Å². The van der Waals surface area contributed by atoms with Gasteiger partial charge in [-0.2, -0.15) is 0 Å². The third kappa shape index (κ3) is 4.15. The van der Waals surface area contributed by atoms with Crippen molar-refractivity contribution in [3.8, 4) is 11.1 Å². The van der Waals surface area contributed by atoms with E-state index < -0.39 is 9.73 Å². The lowest BCUT2D eigenvalue weighted by Crippen LogP contribution is -2.20. The minimum atomic E-state index is -2.93. The highest BCUT2D eigenvalue weighted by Gasteiger charge is 2.21. The maximum Gasteiger partial charge on any atom is 0.274 e. The van der Waals surface area contributed by atoms with Crippen molar-refractivity contribution in [3.63, 3.8) is 0 Å². The van der Waals surface area contributed by atoms with Crippen LogP contribution in [0.5, 0.6) is 0 Å². The molecule has 2 aromatic heterocycles. The van der Waals surface area contributed by atoms with Crippen LogP contribution in [-0.2, 0) is 16.8 Å². The second-order valence-corrected chi connectivity index (χ2v) is 11.5. The van der Waals surface area contributed by atoms with Crippen molar-refractivity contribution in [2.24, 2.45) is 7.05 Å². The van der Waals surface area contributed by atoms with E-state index in [1.807, 2.05) is 44.3 Å². The number of aryl methyl sites for hydroxylation is 1. The molecule has 1 aromatic carbocycles. The number of pyridine rings is 1. The van der Waals surface area contributed by atoms with Crippen LogP contribution in [0.15, 0.2) is 46.3 Å². The third-order valence-electron chi connectivity index (χ3n) is 6.40. The number of nitrogens with one attached hydrogen (secondary N) is 3. The first kappa shape index (κ1) is 21.7. The first-order valence-electron chi connectivity index (χ1n) is 11.1. The van der Waals surface area contributed by atoms with Gasteiger partial charge in [-0.25, -0.2) is 8.99 Å². The Labute approximate surface area is 184 Å². The first-order valence-corrected chi connectivity index (χ1v) is 12.8. The lowest BCUT2D eigenvalue weighted by Gasteiger charge is -2.22. The van der Waals surface area contributed by atoms with Crippen molar-refractivity contribution in [1.29, 1.82) is 4.78 Å². The fraction of sp³-hybridized carbons (Fsp3) is 0.458. The van der Waals surface area contributed by atoms with Crippen LogP contribution in [0.3, 0.4) is 0 Å². The van der Waals surface area contributed by atoms with Crippen molar-refractivity contribution < 1.29 is 4.21 Å². The lowest BCUT2D eigenvalue weighted by molar-refractivity contribution is 0.620. The lowest BCUT2D eigenvalue weighted by atomic mass is 10.0. The Hall–Kier alpha value is -2.54. The van der Waals surface area contributed by atoms with Crippen molar-refractivity contribution in [3.05, 3.63) is 47.0 Å². The smallest absolute Gasteiger partial charge is 0.274 e. The van der Waals surface area contributed by atoms with Gasteiger partial charge in [0, 0.05) is 57.8 Å². The number of nitrogens with zero attached hydrogens (tertiary/aromatic N) is 1. The molecule has 1 aliphatic rings. The van der Waals surface area contributed by atoms with Crippen molar-refractivity contribution in [2.75, 3.05) is 5.32 Å². The van der Waals surface area contributed by atoms with Crippen LogP contribution in [0.25, 0.3) is 22.0 Å². The molecule has 2 heterocycles. The summed E-state index contributed by atoms with van der Waals surface area (Å²) in [5.74, 6) is 0. The van der Waals surface area contributed by atoms with Crippen LogP contribution in [0.1, 0.15) is 52.4 Å². The normalized spacial score (nSPS) is 17.5. The SMILES string of the molecule is CC(C)S(=N)(=O)c1ccc(NC2CCCCCC2)c(-c2cn(C)c(=O)c3[nH]ccc23)c1. The summed E-state index contributed by atoms with van der Waals surface area (Å²) in [7, 11) is -1.18. The molecule has 1 atom stereocenters. The van der Waals surface area contributed by atoms with E-state index in [-0.39, 0.29) is 10.8 Å². The average Bonchev–Trinajstić information content (AvgIpc) is 3.09. The summed E-state index contributed by atoms with van der Waals surface area (Å²) in [4.78, 5) is 16.2. The van der Waals surface area contributed by atoms with Crippen molar-refractivity contribution in [1.82, 2.24) is 9.55 Å². The summed E-state index contributed by atoms with van der Waals surface area (Å²) < 4.78 is 23.2. The molecule has 0 saturated heterocycles. The number of aromatic amines is 1. The number of benzene rings is 1. The number of anilines is 1. The van der Waals surface area contributed by atoms with Gasteiger partial charge >= 0.3 is 0 Å². The molecule has 3 aromatic rings. The molecule has 0 spiro atoms. The van der Waals surface area contributed by atoms with Gasteiger partial charge < -0.3 is 14.9 Å². The van der Waals surface area contributed by atoms with Gasteiger partial charge in [0.15, 0.2) is 0 Å². The molecule has 31 heavy (non-hydrogen) atoms. The molecule has 6 nitrogen and oxygen atoms in total. The molecular weight excluding hydrogens is 408 g/mol. The van der Waals surface area contributed by atoms with Gasteiger partial charge in [-0.3, -0.25) is 4.79 Å². The zero-order valence-corrected chi connectivity index (χ0v) is 19.3. The Morgan fingerprint density at radius 1 is 1.13 bits per heavy atom. The predicted octanol–water partition coefficient (Wildman–Crippen LogP) is 5.48. The average molecular weight is 441 g/mol. The second-order valence-electron chi connectivity index (χ2n) is 8.91. The quantitative estimate of drug-likeness (QED) is 0.459. The monoisotopic (exact) mass is 440 g/mol. The van der Waals surface area contributed by atoms with Gasteiger partial charge in [-0.1, -0.05) is 25.7 Å². The van der Waals surface area contributed by atoms with Gasteiger partial charge in [0.05, 0.1) is 9.73 Å². The van der Waals surface area contributed by atoms with E-state index in [4.69, 9.17) is 4.78 Å². The second kappa shape index (κ2) is 8.54. The van der Waals surface area contributed by atoms with Gasteiger partial charge in [0.25, 0.3) is 5.56 Å². The van der Waals surface area contributed by atoms with Gasteiger partial charge in [-0.15, -0.1) is 0 Å². The maximum atomic E-state index is 13.1. The van der Waals surface area contributed by atoms with Crippen LogP contribution < -0.4 is 10.9 Å². The zero-order chi connectivity index (χ0) is 22.2. The number of aromatic nitrogens is 2. The molecular formula is C24H32N4O2S. The number of H-pyrrole nitrogens is 1. The summed E-state index contributed by atoms with van der Waals surface area (Å²) in [5.41, 5.74) is 3.24. The topological polar surface area (TPSA) is 90.7 Å². The van der Waals surface area contributed by atoms with E-state index in [1.54, 1.807) is 17.8 Å². The molecule has 0 radical (unpaired) electrons. The van der Waals surface area contributed by atoms with E-state index in [9.17, 15) is 9.00 Å². The number of fused-ring (bicyclic) bond motifs is 1. The number of hydrogen-bond donors (Lipinski definition) is 3. The molecule has 0 aliphatic heterocycles. The summed E-state index contributed by atoms with van der Waals surface area (Å²) in [6.07, 6.45) is 10.9. The molecule has 0 amide bonds. The van der Waals surface area contributed by atoms with E-state index in [1.165, 1.54) is 25.7 Å². The minimum absolute atomic E-state index is 0.0790. The van der Waals surface area contributed by atoms with Gasteiger partial charge in [0.1, 0.15) is 5.52 Å². The van der Waals surface area contributed by atoms with Gasteiger partial charge in [-0.05, 0) is 51.0 Å².